The molecule has 0 spiro atoms. The molecule has 0 aliphatic heterocycles. The Hall–Kier alpha value is -2.26. The van der Waals surface area contributed by atoms with Crippen LogP contribution < -0.4 is 10.6 Å². The molecule has 0 atom stereocenters. The van der Waals surface area contributed by atoms with Gasteiger partial charge in [-0.05, 0) is 12.2 Å². The summed E-state index contributed by atoms with van der Waals surface area (Å²) in [6, 6.07) is 0. The molecule has 0 saturated carbocycles. The van der Waals surface area contributed by atoms with E-state index >= 15 is 0 Å². The van der Waals surface area contributed by atoms with E-state index in [1.807, 2.05) is 0 Å². The van der Waals surface area contributed by atoms with Crippen LogP contribution in [0.1, 0.15) is 0 Å². The highest BCUT2D eigenvalue weighted by Gasteiger charge is 2.26. The normalized spacial score (nSPS) is 10.5. The van der Waals surface area contributed by atoms with Crippen molar-refractivity contribution in [1.29, 1.82) is 0 Å². The van der Waals surface area contributed by atoms with Gasteiger partial charge in [0.2, 0.25) is 11.8 Å². The molecule has 0 aliphatic rings. The molecule has 0 aromatic heterocycles. The third-order valence-electron chi connectivity index (χ3n) is 2.42. The van der Waals surface area contributed by atoms with Crippen molar-refractivity contribution in [3.63, 3.8) is 0 Å². The minimum Gasteiger partial charge on any atom is -0.460 e. The van der Waals surface area contributed by atoms with E-state index in [1.54, 1.807) is 0 Å². The van der Waals surface area contributed by atoms with E-state index in [0.29, 0.717) is 0 Å². The standard InChI is InChI=1S/C15H23N2O8P/c1-4-13(18)16-7-9-23-26(21,24-10-8-17-14(19)5-2)25-12-11-22-15(20)6-3/h4-6H,1-3,7-12H2,(H,16,18)(H,17,19). The summed E-state index contributed by atoms with van der Waals surface area (Å²) in [5, 5.41) is 4.84. The molecule has 0 bridgehead atoms. The van der Waals surface area contributed by atoms with Crippen molar-refractivity contribution in [2.24, 2.45) is 0 Å². The van der Waals surface area contributed by atoms with Gasteiger partial charge in [0, 0.05) is 19.2 Å². The number of phosphoric acid groups is 1. The van der Waals surface area contributed by atoms with E-state index in [1.165, 1.54) is 0 Å². The topological polar surface area (TPSA) is 129 Å². The average molecular weight is 390 g/mol. The molecule has 10 nitrogen and oxygen atoms in total. The lowest BCUT2D eigenvalue weighted by atomic mass is 10.5. The van der Waals surface area contributed by atoms with E-state index in [9.17, 15) is 18.9 Å². The van der Waals surface area contributed by atoms with E-state index in [0.717, 1.165) is 18.2 Å². The monoisotopic (exact) mass is 390 g/mol. The summed E-state index contributed by atoms with van der Waals surface area (Å²) in [4.78, 5) is 33.0. The zero-order valence-electron chi connectivity index (χ0n) is 14.3. The molecular weight excluding hydrogens is 367 g/mol. The number of phosphoric ester groups is 1. The number of nitrogens with one attached hydrogen (secondary N) is 2. The van der Waals surface area contributed by atoms with Gasteiger partial charge in [0.25, 0.3) is 0 Å². The number of carbonyl (C=O) groups excluding carboxylic acids is 3. The fourth-order valence-corrected chi connectivity index (χ4v) is 2.42. The van der Waals surface area contributed by atoms with Crippen LogP contribution in [0.15, 0.2) is 38.0 Å². The molecule has 0 radical (unpaired) electrons. The van der Waals surface area contributed by atoms with Gasteiger partial charge in [0.05, 0.1) is 19.8 Å². The largest absolute Gasteiger partial charge is 0.475 e. The van der Waals surface area contributed by atoms with Gasteiger partial charge in [-0.25, -0.2) is 9.36 Å². The number of rotatable bonds is 15. The first-order valence-electron chi connectivity index (χ1n) is 7.50. The Morgan fingerprint density at radius 3 is 1.65 bits per heavy atom. The average Bonchev–Trinajstić information content (AvgIpc) is 2.65. The minimum atomic E-state index is -4.00. The molecule has 0 aromatic carbocycles. The molecule has 146 valence electrons. The first-order chi connectivity index (χ1) is 12.4. The van der Waals surface area contributed by atoms with Gasteiger partial charge in [-0.2, -0.15) is 0 Å². The summed E-state index contributed by atoms with van der Waals surface area (Å²) in [7, 11) is -4.00. The Bertz CT molecular complexity index is 488. The maximum atomic E-state index is 12.5. The summed E-state index contributed by atoms with van der Waals surface area (Å²) < 4.78 is 32.3. The molecule has 0 aromatic rings. The number of ether oxygens (including phenoxy) is 1. The third kappa shape index (κ3) is 12.2. The summed E-state index contributed by atoms with van der Waals surface area (Å²) in [6.45, 7) is 9.10. The van der Waals surface area contributed by atoms with Crippen LogP contribution >= 0.6 is 7.82 Å². The van der Waals surface area contributed by atoms with Crippen LogP contribution in [0.5, 0.6) is 0 Å². The summed E-state index contributed by atoms with van der Waals surface area (Å²) in [5.74, 6) is -1.51. The maximum absolute atomic E-state index is 12.5. The van der Waals surface area contributed by atoms with Crippen molar-refractivity contribution in [1.82, 2.24) is 10.6 Å². The summed E-state index contributed by atoms with van der Waals surface area (Å²) in [6.07, 6.45) is 3.11. The second-order valence-electron chi connectivity index (χ2n) is 4.31. The molecular formula is C15H23N2O8P. The Balaban J connectivity index is 4.41. The Labute approximate surface area is 151 Å². The molecule has 2 N–H and O–H groups in total. The SMILES string of the molecule is C=CC(=O)NCCOP(=O)(OCCNC(=O)C=C)OCCOC(=O)C=C. The molecule has 2 amide bonds. The predicted molar refractivity (Wildman–Crippen MR) is 93.0 cm³/mol. The van der Waals surface area contributed by atoms with Crippen LogP contribution in [0.25, 0.3) is 0 Å². The highest BCUT2D eigenvalue weighted by molar-refractivity contribution is 7.48. The fourth-order valence-electron chi connectivity index (χ4n) is 1.27. The third-order valence-corrected chi connectivity index (χ3v) is 3.91. The van der Waals surface area contributed by atoms with Crippen LogP contribution in [0, 0.1) is 0 Å². The Morgan fingerprint density at radius 1 is 0.769 bits per heavy atom. The number of carbonyl (C=O) groups is 3. The van der Waals surface area contributed by atoms with Gasteiger partial charge >= 0.3 is 13.8 Å². The van der Waals surface area contributed by atoms with Crippen molar-refractivity contribution in [3.8, 4) is 0 Å². The number of hydrogen-bond acceptors (Lipinski definition) is 8. The van der Waals surface area contributed by atoms with Crippen molar-refractivity contribution in [3.05, 3.63) is 38.0 Å². The second-order valence-corrected chi connectivity index (χ2v) is 5.98. The first kappa shape index (κ1) is 23.7. The van der Waals surface area contributed by atoms with Crippen molar-refractivity contribution in [2.45, 2.75) is 0 Å². The minimum absolute atomic E-state index is 0.0419. The zero-order chi connectivity index (χ0) is 19.8. The van der Waals surface area contributed by atoms with Gasteiger partial charge in [0.1, 0.15) is 6.61 Å². The van der Waals surface area contributed by atoms with Gasteiger partial charge < -0.3 is 15.4 Å². The maximum Gasteiger partial charge on any atom is 0.475 e. The van der Waals surface area contributed by atoms with E-state index in [-0.39, 0.29) is 39.5 Å². The van der Waals surface area contributed by atoms with Crippen LogP contribution in [-0.2, 0) is 37.3 Å². The van der Waals surface area contributed by atoms with Gasteiger partial charge in [0.15, 0.2) is 0 Å². The van der Waals surface area contributed by atoms with Gasteiger partial charge in [-0.3, -0.25) is 23.2 Å². The lowest BCUT2D eigenvalue weighted by Crippen LogP contribution is -2.26. The highest BCUT2D eigenvalue weighted by Crippen LogP contribution is 2.48. The molecule has 0 fully saturated rings. The predicted octanol–water partition coefficient (Wildman–Crippen LogP) is 0.478. The Kier molecular flexibility index (Phi) is 12.8. The van der Waals surface area contributed by atoms with Gasteiger partial charge in [-0.15, -0.1) is 0 Å². The summed E-state index contributed by atoms with van der Waals surface area (Å²) >= 11 is 0. The molecule has 11 heteroatoms. The lowest BCUT2D eigenvalue weighted by Gasteiger charge is -2.18. The lowest BCUT2D eigenvalue weighted by molar-refractivity contribution is -0.138. The van der Waals surface area contributed by atoms with E-state index in [2.05, 4.69) is 35.1 Å². The number of amides is 2. The van der Waals surface area contributed by atoms with Crippen molar-refractivity contribution < 1.29 is 37.3 Å². The quantitative estimate of drug-likeness (QED) is 0.179. The number of esters is 1. The van der Waals surface area contributed by atoms with Crippen LogP contribution in [0.2, 0.25) is 0 Å². The molecule has 0 heterocycles. The van der Waals surface area contributed by atoms with E-state index < -0.39 is 25.6 Å². The molecule has 0 unspecified atom stereocenters. The van der Waals surface area contributed by atoms with E-state index in [4.69, 9.17) is 13.6 Å². The van der Waals surface area contributed by atoms with Crippen molar-refractivity contribution in [2.75, 3.05) is 39.5 Å². The van der Waals surface area contributed by atoms with Gasteiger partial charge in [-0.1, -0.05) is 19.7 Å². The smallest absolute Gasteiger partial charge is 0.460 e. The fraction of sp³-hybridized carbons (Fsp3) is 0.400. The molecule has 0 aliphatic carbocycles. The second kappa shape index (κ2) is 14.0. The molecule has 0 saturated heterocycles. The van der Waals surface area contributed by atoms with Crippen LogP contribution in [-0.4, -0.2) is 57.3 Å². The zero-order valence-corrected chi connectivity index (χ0v) is 15.2. The highest BCUT2D eigenvalue weighted by atomic mass is 31.2. The summed E-state index contributed by atoms with van der Waals surface area (Å²) in [5.41, 5.74) is 0. The Morgan fingerprint density at radius 2 is 1.23 bits per heavy atom. The molecule has 0 rings (SSSR count). The van der Waals surface area contributed by atoms with Crippen LogP contribution in [0.3, 0.4) is 0 Å². The van der Waals surface area contributed by atoms with Crippen molar-refractivity contribution >= 4 is 25.6 Å². The molecule has 26 heavy (non-hydrogen) atoms. The van der Waals surface area contributed by atoms with Crippen LogP contribution in [0.4, 0.5) is 0 Å². The number of hydrogen-bond donors (Lipinski definition) is 2. The first-order valence-corrected chi connectivity index (χ1v) is 8.96.